The summed E-state index contributed by atoms with van der Waals surface area (Å²) < 4.78 is 6.69. The molecule has 0 fully saturated rings. The fourth-order valence-corrected chi connectivity index (χ4v) is 5.92. The number of hydrogen-bond donors (Lipinski definition) is 1. The Balaban J connectivity index is 1.49. The highest BCUT2D eigenvalue weighted by Gasteiger charge is 2.45. The highest BCUT2D eigenvalue weighted by Crippen LogP contribution is 2.44. The Bertz CT molecular complexity index is 1580. The zero-order chi connectivity index (χ0) is 28.1. The van der Waals surface area contributed by atoms with E-state index in [-0.39, 0.29) is 5.57 Å². The van der Waals surface area contributed by atoms with Gasteiger partial charge in [-0.3, -0.25) is 14.5 Å². The number of aliphatic hydroxyl groups excluding tert-OH is 1. The Kier molecular flexibility index (Phi) is 8.63. The SMILES string of the molecule is CCCCCCOc1ccc(C2C(C(=O)/C=C/c3ccccc3)=C(O)C(=O)N2c2nc3ccc(Cl)cc3s2)cc1. The van der Waals surface area contributed by atoms with Crippen molar-refractivity contribution in [2.24, 2.45) is 0 Å². The number of nitrogens with zero attached hydrogens (tertiary/aromatic N) is 2. The summed E-state index contributed by atoms with van der Waals surface area (Å²) in [4.78, 5) is 33.0. The zero-order valence-electron chi connectivity index (χ0n) is 22.0. The van der Waals surface area contributed by atoms with Gasteiger partial charge in [0.05, 0.1) is 28.4 Å². The Labute approximate surface area is 242 Å². The molecule has 1 unspecified atom stereocenters. The van der Waals surface area contributed by atoms with Crippen LogP contribution in [0, 0.1) is 0 Å². The minimum Gasteiger partial charge on any atom is -0.503 e. The largest absolute Gasteiger partial charge is 0.503 e. The first-order chi connectivity index (χ1) is 19.5. The second kappa shape index (κ2) is 12.5. The molecule has 1 N–H and O–H groups in total. The first-order valence-corrected chi connectivity index (χ1v) is 14.5. The number of thiazole rings is 1. The molecule has 40 heavy (non-hydrogen) atoms. The van der Waals surface area contributed by atoms with Crippen LogP contribution in [0.3, 0.4) is 0 Å². The molecule has 2 heterocycles. The van der Waals surface area contributed by atoms with E-state index in [1.54, 1.807) is 24.3 Å². The Morgan fingerprint density at radius 3 is 2.60 bits per heavy atom. The summed E-state index contributed by atoms with van der Waals surface area (Å²) in [5, 5.41) is 11.9. The van der Waals surface area contributed by atoms with Gasteiger partial charge in [-0.25, -0.2) is 4.98 Å². The Morgan fingerprint density at radius 2 is 1.85 bits per heavy atom. The fraction of sp³-hybridized carbons (Fsp3) is 0.219. The van der Waals surface area contributed by atoms with Gasteiger partial charge in [0, 0.05) is 5.02 Å². The molecule has 1 aliphatic heterocycles. The quantitative estimate of drug-likeness (QED) is 0.145. The molecule has 5 rings (SSSR count). The highest BCUT2D eigenvalue weighted by atomic mass is 35.5. The third-order valence-corrected chi connectivity index (χ3v) is 7.96. The number of rotatable bonds is 11. The van der Waals surface area contributed by atoms with E-state index in [0.717, 1.165) is 29.5 Å². The number of anilines is 1. The topological polar surface area (TPSA) is 79.7 Å². The predicted molar refractivity (Wildman–Crippen MR) is 161 cm³/mol. The Hall–Kier alpha value is -3.94. The summed E-state index contributed by atoms with van der Waals surface area (Å²) in [6.07, 6.45) is 7.49. The second-order valence-corrected chi connectivity index (χ2v) is 11.0. The van der Waals surface area contributed by atoms with Gasteiger partial charge in [0.2, 0.25) is 0 Å². The fourth-order valence-electron chi connectivity index (χ4n) is 4.65. The van der Waals surface area contributed by atoms with Crippen LogP contribution < -0.4 is 9.64 Å². The number of benzene rings is 3. The lowest BCUT2D eigenvalue weighted by Crippen LogP contribution is -2.30. The van der Waals surface area contributed by atoms with Crippen molar-refractivity contribution < 1.29 is 19.4 Å². The first kappa shape index (κ1) is 27.6. The van der Waals surface area contributed by atoms with E-state index in [4.69, 9.17) is 16.3 Å². The maximum atomic E-state index is 13.5. The van der Waals surface area contributed by atoms with Crippen molar-refractivity contribution in [2.45, 2.75) is 38.6 Å². The molecule has 1 aliphatic rings. The van der Waals surface area contributed by atoms with E-state index in [2.05, 4.69) is 11.9 Å². The van der Waals surface area contributed by atoms with E-state index in [1.165, 1.54) is 28.7 Å². The normalized spacial score (nSPS) is 15.5. The van der Waals surface area contributed by atoms with Crippen LogP contribution in [0.1, 0.15) is 49.8 Å². The van der Waals surface area contributed by atoms with Gasteiger partial charge in [-0.15, -0.1) is 0 Å². The van der Waals surface area contributed by atoms with Gasteiger partial charge in [-0.05, 0) is 54.0 Å². The van der Waals surface area contributed by atoms with Crippen LogP contribution in [0.2, 0.25) is 5.02 Å². The molecule has 1 atom stereocenters. The molecule has 4 aromatic rings. The predicted octanol–water partition coefficient (Wildman–Crippen LogP) is 8.09. The molecule has 0 bridgehead atoms. The van der Waals surface area contributed by atoms with Crippen LogP contribution in [-0.2, 0) is 9.59 Å². The molecule has 1 aromatic heterocycles. The van der Waals surface area contributed by atoms with Crippen LogP contribution in [-0.4, -0.2) is 28.4 Å². The van der Waals surface area contributed by atoms with E-state index < -0.39 is 23.5 Å². The number of carbonyl (C=O) groups excluding carboxylic acids is 2. The number of allylic oxidation sites excluding steroid dienone is 1. The molecule has 8 heteroatoms. The van der Waals surface area contributed by atoms with Crippen molar-refractivity contribution >= 4 is 56.1 Å². The van der Waals surface area contributed by atoms with Gasteiger partial charge in [0.15, 0.2) is 16.7 Å². The van der Waals surface area contributed by atoms with Crippen molar-refractivity contribution in [3.63, 3.8) is 0 Å². The van der Waals surface area contributed by atoms with Crippen LogP contribution in [0.15, 0.2) is 90.2 Å². The van der Waals surface area contributed by atoms with Crippen molar-refractivity contribution in [3.05, 3.63) is 106 Å². The molecule has 1 amide bonds. The van der Waals surface area contributed by atoms with Gasteiger partial charge in [-0.2, -0.15) is 0 Å². The number of amides is 1. The van der Waals surface area contributed by atoms with Gasteiger partial charge in [0.1, 0.15) is 5.75 Å². The number of carbonyl (C=O) groups is 2. The average molecular weight is 573 g/mol. The van der Waals surface area contributed by atoms with Crippen LogP contribution >= 0.6 is 22.9 Å². The maximum absolute atomic E-state index is 13.5. The van der Waals surface area contributed by atoms with E-state index in [9.17, 15) is 14.7 Å². The summed E-state index contributed by atoms with van der Waals surface area (Å²) in [6, 6.07) is 21.1. The molecule has 0 radical (unpaired) electrons. The molecule has 6 nitrogen and oxygen atoms in total. The van der Waals surface area contributed by atoms with Crippen LogP contribution in [0.25, 0.3) is 16.3 Å². The monoisotopic (exact) mass is 572 g/mol. The number of aromatic nitrogens is 1. The van der Waals surface area contributed by atoms with Gasteiger partial charge in [-0.1, -0.05) is 97.7 Å². The summed E-state index contributed by atoms with van der Waals surface area (Å²) in [5.74, 6) is -1.01. The molecule has 0 saturated heterocycles. The van der Waals surface area contributed by atoms with E-state index >= 15 is 0 Å². The third kappa shape index (κ3) is 5.96. The number of aliphatic hydroxyl groups is 1. The van der Waals surface area contributed by atoms with Gasteiger partial charge in [0.25, 0.3) is 5.91 Å². The number of ether oxygens (including phenoxy) is 1. The molecule has 204 valence electrons. The molecule has 0 saturated carbocycles. The maximum Gasteiger partial charge on any atom is 0.296 e. The van der Waals surface area contributed by atoms with Crippen molar-refractivity contribution in [2.75, 3.05) is 11.5 Å². The van der Waals surface area contributed by atoms with Crippen LogP contribution in [0.5, 0.6) is 5.75 Å². The third-order valence-electron chi connectivity index (χ3n) is 6.71. The number of ketones is 1. The lowest BCUT2D eigenvalue weighted by molar-refractivity contribution is -0.117. The zero-order valence-corrected chi connectivity index (χ0v) is 23.6. The number of halogens is 1. The highest BCUT2D eigenvalue weighted by molar-refractivity contribution is 7.22. The van der Waals surface area contributed by atoms with Crippen molar-refractivity contribution in [1.82, 2.24) is 4.98 Å². The molecule has 0 spiro atoms. The minimum atomic E-state index is -0.866. The van der Waals surface area contributed by atoms with Gasteiger partial charge >= 0.3 is 0 Å². The summed E-state index contributed by atoms with van der Waals surface area (Å²) in [7, 11) is 0. The standard InChI is InChI=1S/C32H29ClN2O4S/c1-2-3-4-8-19-39-24-15-12-22(13-16-24)29-28(26(36)18-11-21-9-6-5-7-10-21)30(37)31(38)35(29)32-34-25-17-14-23(33)20-27(25)40-32/h5-7,9-18,20,29,37H,2-4,8,19H2,1H3/b18-11+. The number of hydrogen-bond acceptors (Lipinski definition) is 6. The average Bonchev–Trinajstić information content (AvgIpc) is 3.50. The smallest absolute Gasteiger partial charge is 0.296 e. The molecular formula is C32H29ClN2O4S. The molecule has 3 aromatic carbocycles. The second-order valence-electron chi connectivity index (χ2n) is 9.53. The number of unbranched alkanes of at least 4 members (excludes halogenated alkanes) is 3. The first-order valence-electron chi connectivity index (χ1n) is 13.3. The van der Waals surface area contributed by atoms with Crippen molar-refractivity contribution in [1.29, 1.82) is 0 Å². The Morgan fingerprint density at radius 1 is 1.07 bits per heavy atom. The van der Waals surface area contributed by atoms with E-state index in [1.807, 2.05) is 54.6 Å². The van der Waals surface area contributed by atoms with Gasteiger partial charge < -0.3 is 9.84 Å². The lowest BCUT2D eigenvalue weighted by atomic mass is 9.95. The van der Waals surface area contributed by atoms with Crippen molar-refractivity contribution in [3.8, 4) is 5.75 Å². The lowest BCUT2D eigenvalue weighted by Gasteiger charge is -2.24. The van der Waals surface area contributed by atoms with Crippen LogP contribution in [0.4, 0.5) is 5.13 Å². The minimum absolute atomic E-state index is 0.00250. The number of fused-ring (bicyclic) bond motifs is 1. The van der Waals surface area contributed by atoms with E-state index in [0.29, 0.717) is 33.6 Å². The summed E-state index contributed by atoms with van der Waals surface area (Å²) in [6.45, 7) is 2.79. The summed E-state index contributed by atoms with van der Waals surface area (Å²) >= 11 is 7.45. The molecular weight excluding hydrogens is 544 g/mol. The molecule has 0 aliphatic carbocycles. The summed E-state index contributed by atoms with van der Waals surface area (Å²) in [5.41, 5.74) is 2.16.